The SMILES string of the molecule is CCOC(=O)Oc1ccc(OC(=O)OCC)c2c1C(=O)c1ccccc1C2=O. The molecule has 3 rings (SSSR count). The molecule has 0 aromatic heterocycles. The van der Waals surface area contributed by atoms with Crippen molar-refractivity contribution >= 4 is 23.9 Å². The minimum atomic E-state index is -1.03. The van der Waals surface area contributed by atoms with Crippen LogP contribution in [0.3, 0.4) is 0 Å². The monoisotopic (exact) mass is 384 g/mol. The summed E-state index contributed by atoms with van der Waals surface area (Å²) in [6, 6.07) is 8.71. The first-order chi connectivity index (χ1) is 13.5. The number of ether oxygens (including phenoxy) is 4. The van der Waals surface area contributed by atoms with Gasteiger partial charge in [0, 0.05) is 11.1 Å². The summed E-state index contributed by atoms with van der Waals surface area (Å²) < 4.78 is 19.6. The highest BCUT2D eigenvalue weighted by atomic mass is 16.7. The van der Waals surface area contributed by atoms with E-state index in [4.69, 9.17) is 18.9 Å². The van der Waals surface area contributed by atoms with Gasteiger partial charge in [-0.15, -0.1) is 0 Å². The fraction of sp³-hybridized carbons (Fsp3) is 0.200. The molecule has 8 heteroatoms. The van der Waals surface area contributed by atoms with E-state index >= 15 is 0 Å². The van der Waals surface area contributed by atoms with Crippen molar-refractivity contribution in [2.45, 2.75) is 13.8 Å². The molecule has 0 spiro atoms. The summed E-state index contributed by atoms with van der Waals surface area (Å²) in [5.41, 5.74) is -0.0545. The Morgan fingerprint density at radius 2 is 1.11 bits per heavy atom. The van der Waals surface area contributed by atoms with Crippen LogP contribution in [0.2, 0.25) is 0 Å². The molecule has 2 aromatic rings. The molecule has 2 aromatic carbocycles. The quantitative estimate of drug-likeness (QED) is 0.497. The highest BCUT2D eigenvalue weighted by Crippen LogP contribution is 2.38. The predicted molar refractivity (Wildman–Crippen MR) is 95.0 cm³/mol. The maximum absolute atomic E-state index is 13.0. The molecule has 0 saturated heterocycles. The molecule has 0 bridgehead atoms. The van der Waals surface area contributed by atoms with E-state index in [1.54, 1.807) is 26.0 Å². The third kappa shape index (κ3) is 3.44. The van der Waals surface area contributed by atoms with Crippen LogP contribution in [0.15, 0.2) is 36.4 Å². The molecule has 1 aliphatic carbocycles. The minimum Gasteiger partial charge on any atom is -0.434 e. The number of hydrogen-bond donors (Lipinski definition) is 0. The minimum absolute atomic E-state index is 0.0702. The first kappa shape index (κ1) is 19.1. The normalized spacial score (nSPS) is 11.9. The zero-order chi connectivity index (χ0) is 20.3. The molecule has 0 radical (unpaired) electrons. The third-order valence-corrected chi connectivity index (χ3v) is 3.91. The average Bonchev–Trinajstić information content (AvgIpc) is 2.67. The molecular formula is C20H16O8. The van der Waals surface area contributed by atoms with Gasteiger partial charge in [0.1, 0.15) is 11.5 Å². The van der Waals surface area contributed by atoms with Crippen molar-refractivity contribution in [3.63, 3.8) is 0 Å². The summed E-state index contributed by atoms with van der Waals surface area (Å²) >= 11 is 0. The molecule has 0 unspecified atom stereocenters. The largest absolute Gasteiger partial charge is 0.513 e. The second kappa shape index (κ2) is 7.91. The molecule has 1 aliphatic rings. The van der Waals surface area contributed by atoms with Crippen LogP contribution < -0.4 is 9.47 Å². The van der Waals surface area contributed by atoms with Gasteiger partial charge in [-0.3, -0.25) is 9.59 Å². The third-order valence-electron chi connectivity index (χ3n) is 3.91. The molecule has 0 heterocycles. The molecule has 0 aliphatic heterocycles. The van der Waals surface area contributed by atoms with Crippen molar-refractivity contribution in [3.8, 4) is 11.5 Å². The highest BCUT2D eigenvalue weighted by Gasteiger charge is 2.36. The molecule has 8 nitrogen and oxygen atoms in total. The van der Waals surface area contributed by atoms with Crippen LogP contribution in [0, 0.1) is 0 Å². The van der Waals surface area contributed by atoms with E-state index in [-0.39, 0.29) is 47.0 Å². The first-order valence-electron chi connectivity index (χ1n) is 8.52. The zero-order valence-electron chi connectivity index (χ0n) is 15.1. The van der Waals surface area contributed by atoms with Gasteiger partial charge in [-0.25, -0.2) is 9.59 Å². The van der Waals surface area contributed by atoms with Crippen molar-refractivity contribution in [1.82, 2.24) is 0 Å². The Morgan fingerprint density at radius 3 is 1.46 bits per heavy atom. The Kier molecular flexibility index (Phi) is 5.39. The number of carbonyl (C=O) groups is 4. The molecule has 0 N–H and O–H groups in total. The predicted octanol–water partition coefficient (Wildman–Crippen LogP) is 3.53. The van der Waals surface area contributed by atoms with Crippen molar-refractivity contribution in [1.29, 1.82) is 0 Å². The van der Waals surface area contributed by atoms with Crippen LogP contribution in [0.1, 0.15) is 45.7 Å². The van der Waals surface area contributed by atoms with E-state index in [1.165, 1.54) is 24.3 Å². The number of rotatable bonds is 4. The second-order valence-electron chi connectivity index (χ2n) is 5.59. The average molecular weight is 384 g/mol. The van der Waals surface area contributed by atoms with Crippen molar-refractivity contribution in [2.75, 3.05) is 13.2 Å². The van der Waals surface area contributed by atoms with Gasteiger partial charge in [-0.1, -0.05) is 24.3 Å². The molecular weight excluding hydrogens is 368 g/mol. The molecule has 28 heavy (non-hydrogen) atoms. The summed E-state index contributed by atoms with van der Waals surface area (Å²) in [6.45, 7) is 3.33. The topological polar surface area (TPSA) is 105 Å². The van der Waals surface area contributed by atoms with E-state index in [0.29, 0.717) is 0 Å². The summed E-state index contributed by atoms with van der Waals surface area (Å²) in [5.74, 6) is -1.42. The maximum atomic E-state index is 13.0. The summed E-state index contributed by atoms with van der Waals surface area (Å²) in [6.07, 6.45) is -2.05. The molecule has 0 fully saturated rings. The van der Waals surface area contributed by atoms with Crippen LogP contribution in [0.25, 0.3) is 0 Å². The van der Waals surface area contributed by atoms with Crippen LogP contribution in [-0.4, -0.2) is 37.1 Å². The number of hydrogen-bond acceptors (Lipinski definition) is 8. The van der Waals surface area contributed by atoms with E-state index < -0.39 is 23.9 Å². The van der Waals surface area contributed by atoms with Gasteiger partial charge in [0.15, 0.2) is 11.6 Å². The standard InChI is InChI=1S/C20H16O8/c1-3-25-19(23)27-13-9-10-14(28-20(24)26-4-2)16-15(13)17(21)11-7-5-6-8-12(11)18(16)22/h5-10H,3-4H2,1-2H3. The van der Waals surface area contributed by atoms with E-state index in [9.17, 15) is 19.2 Å². The Morgan fingerprint density at radius 1 is 0.714 bits per heavy atom. The fourth-order valence-electron chi connectivity index (χ4n) is 2.81. The zero-order valence-corrected chi connectivity index (χ0v) is 15.1. The molecule has 0 saturated carbocycles. The lowest BCUT2D eigenvalue weighted by molar-refractivity contribution is 0.0935. The second-order valence-corrected chi connectivity index (χ2v) is 5.59. The molecule has 0 atom stereocenters. The number of ketones is 2. The lowest BCUT2D eigenvalue weighted by Gasteiger charge is -2.21. The van der Waals surface area contributed by atoms with Crippen molar-refractivity contribution in [3.05, 3.63) is 58.7 Å². The highest BCUT2D eigenvalue weighted by molar-refractivity contribution is 6.30. The Bertz CT molecular complexity index is 898. The summed E-state index contributed by atoms with van der Waals surface area (Å²) in [5, 5.41) is 0. The van der Waals surface area contributed by atoms with Gasteiger partial charge in [-0.05, 0) is 26.0 Å². The van der Waals surface area contributed by atoms with E-state index in [2.05, 4.69) is 0 Å². The van der Waals surface area contributed by atoms with E-state index in [0.717, 1.165) is 0 Å². The number of fused-ring (bicyclic) bond motifs is 2. The Hall–Kier alpha value is -3.68. The van der Waals surface area contributed by atoms with E-state index in [1.807, 2.05) is 0 Å². The lowest BCUT2D eigenvalue weighted by Crippen LogP contribution is -2.24. The Balaban J connectivity index is 2.15. The van der Waals surface area contributed by atoms with Crippen LogP contribution in [-0.2, 0) is 9.47 Å². The van der Waals surface area contributed by atoms with Gasteiger partial charge >= 0.3 is 12.3 Å². The van der Waals surface area contributed by atoms with Crippen molar-refractivity contribution < 1.29 is 38.1 Å². The van der Waals surface area contributed by atoms with Crippen LogP contribution in [0.4, 0.5) is 9.59 Å². The molecule has 144 valence electrons. The van der Waals surface area contributed by atoms with Gasteiger partial charge in [0.05, 0.1) is 24.3 Å². The van der Waals surface area contributed by atoms with Gasteiger partial charge in [0.25, 0.3) is 0 Å². The smallest absolute Gasteiger partial charge is 0.434 e. The lowest BCUT2D eigenvalue weighted by atomic mass is 9.83. The number of benzene rings is 2. The van der Waals surface area contributed by atoms with Gasteiger partial charge in [-0.2, -0.15) is 0 Å². The van der Waals surface area contributed by atoms with Gasteiger partial charge < -0.3 is 18.9 Å². The number of carbonyl (C=O) groups excluding carboxylic acids is 4. The summed E-state index contributed by atoms with van der Waals surface area (Å²) in [4.78, 5) is 49.5. The molecule has 0 amide bonds. The fourth-order valence-corrected chi connectivity index (χ4v) is 2.81. The van der Waals surface area contributed by atoms with Gasteiger partial charge in [0.2, 0.25) is 0 Å². The van der Waals surface area contributed by atoms with Crippen molar-refractivity contribution in [2.24, 2.45) is 0 Å². The maximum Gasteiger partial charge on any atom is 0.513 e. The summed E-state index contributed by atoms with van der Waals surface area (Å²) in [7, 11) is 0. The Labute approximate surface area is 160 Å². The van der Waals surface area contributed by atoms with Crippen LogP contribution in [0.5, 0.6) is 11.5 Å². The first-order valence-corrected chi connectivity index (χ1v) is 8.52. The van der Waals surface area contributed by atoms with Crippen LogP contribution >= 0.6 is 0 Å².